The van der Waals surface area contributed by atoms with Gasteiger partial charge in [0.05, 0.1) is 0 Å². The molecule has 55 heavy (non-hydrogen) atoms. The van der Waals surface area contributed by atoms with Crippen molar-refractivity contribution in [2.24, 2.45) is 11.8 Å². The molecule has 0 aromatic heterocycles. The van der Waals surface area contributed by atoms with Gasteiger partial charge < -0.3 is 14.2 Å². The van der Waals surface area contributed by atoms with Gasteiger partial charge in [-0.1, -0.05) is 227 Å². The van der Waals surface area contributed by atoms with Crippen molar-refractivity contribution < 1.29 is 28.6 Å². The monoisotopic (exact) mass is 779 g/mol. The highest BCUT2D eigenvalue weighted by Crippen LogP contribution is 2.17. The van der Waals surface area contributed by atoms with Crippen LogP contribution in [0.4, 0.5) is 0 Å². The summed E-state index contributed by atoms with van der Waals surface area (Å²) >= 11 is 0. The number of ether oxygens (including phenoxy) is 3. The number of carbonyl (C=O) groups is 3. The second-order valence-electron chi connectivity index (χ2n) is 17.5. The number of rotatable bonds is 43. The minimum absolute atomic E-state index is 0.0656. The van der Waals surface area contributed by atoms with Gasteiger partial charge in [-0.15, -0.1) is 0 Å². The second kappa shape index (κ2) is 42.0. The largest absolute Gasteiger partial charge is 0.462 e. The van der Waals surface area contributed by atoms with Gasteiger partial charge in [0.1, 0.15) is 13.2 Å². The fourth-order valence-electron chi connectivity index (χ4n) is 7.25. The number of hydrogen-bond acceptors (Lipinski definition) is 6. The van der Waals surface area contributed by atoms with E-state index < -0.39 is 6.10 Å². The van der Waals surface area contributed by atoms with Gasteiger partial charge in [0.15, 0.2) is 6.10 Å². The van der Waals surface area contributed by atoms with Crippen LogP contribution in [0.5, 0.6) is 0 Å². The summed E-state index contributed by atoms with van der Waals surface area (Å²) in [4.78, 5) is 37.8. The summed E-state index contributed by atoms with van der Waals surface area (Å²) in [5.41, 5.74) is 0. The minimum atomic E-state index is -0.761. The summed E-state index contributed by atoms with van der Waals surface area (Å²) in [5, 5.41) is 0. The molecule has 0 heterocycles. The van der Waals surface area contributed by atoms with E-state index in [0.29, 0.717) is 19.3 Å². The lowest BCUT2D eigenvalue weighted by molar-refractivity contribution is -0.167. The number of unbranched alkanes of at least 4 members (excludes halogenated alkanes) is 27. The predicted octanol–water partition coefficient (Wildman–Crippen LogP) is 15.4. The van der Waals surface area contributed by atoms with Crippen molar-refractivity contribution in [3.63, 3.8) is 0 Å². The molecule has 0 aliphatic carbocycles. The van der Waals surface area contributed by atoms with Crippen molar-refractivity contribution in [3.8, 4) is 0 Å². The van der Waals surface area contributed by atoms with E-state index in [4.69, 9.17) is 14.2 Å². The van der Waals surface area contributed by atoms with Crippen LogP contribution < -0.4 is 0 Å². The highest BCUT2D eigenvalue weighted by molar-refractivity contribution is 5.71. The van der Waals surface area contributed by atoms with Crippen LogP contribution in [0.3, 0.4) is 0 Å². The van der Waals surface area contributed by atoms with Gasteiger partial charge in [-0.05, 0) is 31.1 Å². The van der Waals surface area contributed by atoms with E-state index >= 15 is 0 Å². The third-order valence-electron chi connectivity index (χ3n) is 11.3. The van der Waals surface area contributed by atoms with E-state index in [1.54, 1.807) is 0 Å². The molecule has 0 amide bonds. The first-order valence-electron chi connectivity index (χ1n) is 24.3. The summed E-state index contributed by atoms with van der Waals surface area (Å²) in [5.74, 6) is 0.753. The maximum Gasteiger partial charge on any atom is 0.306 e. The molecule has 0 bridgehead atoms. The smallest absolute Gasteiger partial charge is 0.306 e. The van der Waals surface area contributed by atoms with Gasteiger partial charge in [0.2, 0.25) is 0 Å². The van der Waals surface area contributed by atoms with Crippen molar-refractivity contribution >= 4 is 17.9 Å². The van der Waals surface area contributed by atoms with Crippen molar-refractivity contribution in [2.75, 3.05) is 13.2 Å². The maximum absolute atomic E-state index is 12.7. The molecular formula is C49H94O6. The van der Waals surface area contributed by atoms with Crippen LogP contribution in [0.25, 0.3) is 0 Å². The predicted molar refractivity (Wildman–Crippen MR) is 233 cm³/mol. The molecule has 0 aromatic rings. The Morgan fingerprint density at radius 2 is 0.691 bits per heavy atom. The Hall–Kier alpha value is -1.59. The molecule has 0 aromatic carbocycles. The second-order valence-corrected chi connectivity index (χ2v) is 17.5. The van der Waals surface area contributed by atoms with E-state index in [0.717, 1.165) is 69.6 Å². The van der Waals surface area contributed by atoms with Crippen molar-refractivity contribution in [2.45, 2.75) is 272 Å². The van der Waals surface area contributed by atoms with Gasteiger partial charge in [0.25, 0.3) is 0 Å². The van der Waals surface area contributed by atoms with Crippen LogP contribution in [0.1, 0.15) is 266 Å². The van der Waals surface area contributed by atoms with E-state index in [1.165, 1.54) is 154 Å². The molecule has 326 valence electrons. The molecule has 6 heteroatoms. The molecule has 2 atom stereocenters. The Kier molecular flexibility index (Phi) is 40.8. The first kappa shape index (κ1) is 53.4. The van der Waals surface area contributed by atoms with Crippen LogP contribution >= 0.6 is 0 Å². The normalized spacial score (nSPS) is 12.5. The summed E-state index contributed by atoms with van der Waals surface area (Å²) in [6.45, 7) is 11.3. The Labute approximate surface area is 342 Å². The molecule has 0 fully saturated rings. The zero-order valence-electron chi connectivity index (χ0n) is 37.6. The van der Waals surface area contributed by atoms with Crippen LogP contribution in [-0.2, 0) is 28.6 Å². The Balaban J connectivity index is 4.31. The molecule has 6 nitrogen and oxygen atoms in total. The molecule has 0 radical (unpaired) electrons. The molecule has 0 aliphatic rings. The van der Waals surface area contributed by atoms with Crippen LogP contribution in [0, 0.1) is 11.8 Å². The fourth-order valence-corrected chi connectivity index (χ4v) is 7.25. The van der Waals surface area contributed by atoms with Crippen LogP contribution in [-0.4, -0.2) is 37.2 Å². The third-order valence-corrected chi connectivity index (χ3v) is 11.3. The van der Waals surface area contributed by atoms with Gasteiger partial charge in [0, 0.05) is 19.3 Å². The molecule has 0 aliphatic heterocycles. The standard InChI is InChI=1S/C49H94O6/c1-6-8-9-10-11-12-13-14-15-16-17-18-19-24-31-36-41-49(52)55-46(43-54-48(51)40-35-30-26-25-28-33-38-45(5)7-2)42-53-47(50)39-34-29-23-21-20-22-27-32-37-44(3)4/h44-46H,6-43H2,1-5H3/t45?,46-/m1/s1. The molecule has 0 rings (SSSR count). The number of carbonyl (C=O) groups excluding carboxylic acids is 3. The number of esters is 3. The highest BCUT2D eigenvalue weighted by atomic mass is 16.6. The summed E-state index contributed by atoms with van der Waals surface area (Å²) in [6, 6.07) is 0. The molecular weight excluding hydrogens is 685 g/mol. The molecule has 1 unspecified atom stereocenters. The molecule has 0 saturated heterocycles. The molecule has 0 spiro atoms. The van der Waals surface area contributed by atoms with Crippen LogP contribution in [0.15, 0.2) is 0 Å². The van der Waals surface area contributed by atoms with Gasteiger partial charge in [-0.3, -0.25) is 14.4 Å². The third kappa shape index (κ3) is 41.9. The Bertz CT molecular complexity index is 841. The van der Waals surface area contributed by atoms with Crippen molar-refractivity contribution in [1.82, 2.24) is 0 Å². The van der Waals surface area contributed by atoms with E-state index in [-0.39, 0.29) is 31.1 Å². The van der Waals surface area contributed by atoms with E-state index in [9.17, 15) is 14.4 Å². The first-order chi connectivity index (χ1) is 26.8. The molecule has 0 N–H and O–H groups in total. The van der Waals surface area contributed by atoms with E-state index in [2.05, 4.69) is 34.6 Å². The lowest BCUT2D eigenvalue weighted by atomic mass is 10.00. The first-order valence-corrected chi connectivity index (χ1v) is 24.3. The molecule has 0 saturated carbocycles. The number of hydrogen-bond donors (Lipinski definition) is 0. The average Bonchev–Trinajstić information content (AvgIpc) is 3.17. The Morgan fingerprint density at radius 1 is 0.382 bits per heavy atom. The van der Waals surface area contributed by atoms with Gasteiger partial charge >= 0.3 is 17.9 Å². The minimum Gasteiger partial charge on any atom is -0.462 e. The highest BCUT2D eigenvalue weighted by Gasteiger charge is 2.19. The average molecular weight is 779 g/mol. The fraction of sp³-hybridized carbons (Fsp3) is 0.939. The SMILES string of the molecule is CCCCCCCCCCCCCCCCCCC(=O)O[C@H](COC(=O)CCCCCCCCCCC(C)C)COC(=O)CCCCCCCCC(C)CC. The Morgan fingerprint density at radius 3 is 1.04 bits per heavy atom. The topological polar surface area (TPSA) is 78.9 Å². The maximum atomic E-state index is 12.7. The van der Waals surface area contributed by atoms with Crippen molar-refractivity contribution in [1.29, 1.82) is 0 Å². The lowest BCUT2D eigenvalue weighted by Crippen LogP contribution is -2.30. The van der Waals surface area contributed by atoms with Gasteiger partial charge in [-0.25, -0.2) is 0 Å². The zero-order chi connectivity index (χ0) is 40.5. The summed E-state index contributed by atoms with van der Waals surface area (Å²) in [7, 11) is 0. The van der Waals surface area contributed by atoms with Crippen molar-refractivity contribution in [3.05, 3.63) is 0 Å². The summed E-state index contributed by atoms with van der Waals surface area (Å²) in [6.07, 6.45) is 40.9. The van der Waals surface area contributed by atoms with E-state index in [1.807, 2.05) is 0 Å². The summed E-state index contributed by atoms with van der Waals surface area (Å²) < 4.78 is 16.7. The quantitative estimate of drug-likeness (QED) is 0.0348. The van der Waals surface area contributed by atoms with Gasteiger partial charge in [-0.2, -0.15) is 0 Å². The lowest BCUT2D eigenvalue weighted by Gasteiger charge is -2.18. The zero-order valence-corrected chi connectivity index (χ0v) is 37.6. The van der Waals surface area contributed by atoms with Crippen LogP contribution in [0.2, 0.25) is 0 Å².